The Morgan fingerprint density at radius 2 is 1.74 bits per heavy atom. The molecule has 0 radical (unpaired) electrons. The number of likely N-dealkylation sites (N-methyl/N-ethyl adjacent to an activating group) is 1. The van der Waals surface area contributed by atoms with E-state index in [1.165, 1.54) is 0 Å². The van der Waals surface area contributed by atoms with E-state index >= 15 is 0 Å². The molecule has 46 heavy (non-hydrogen) atoms. The fraction of sp³-hybridized carbons (Fsp3) is 0.472. The Balaban J connectivity index is 1.21. The van der Waals surface area contributed by atoms with Crippen LogP contribution in [0.15, 0.2) is 54.7 Å². The molecule has 3 heterocycles. The molecule has 1 atom stereocenters. The molecule has 0 N–H and O–H groups in total. The number of nitrogens with zero attached hydrogens (tertiary/aromatic N) is 5. The van der Waals surface area contributed by atoms with Crippen LogP contribution in [-0.2, 0) is 16.0 Å². The summed E-state index contributed by atoms with van der Waals surface area (Å²) in [4.78, 5) is 38.9. The van der Waals surface area contributed by atoms with Gasteiger partial charge in [-0.3, -0.25) is 19.4 Å². The number of anilines is 2. The van der Waals surface area contributed by atoms with Gasteiger partial charge in [-0.05, 0) is 98.5 Å². The Hall–Kier alpha value is -3.82. The van der Waals surface area contributed by atoms with Gasteiger partial charge in [-0.25, -0.2) is 4.98 Å². The minimum atomic E-state index is -0.411. The Kier molecular flexibility index (Phi) is 9.43. The lowest BCUT2D eigenvalue weighted by Gasteiger charge is -2.38. The van der Waals surface area contributed by atoms with E-state index in [1.807, 2.05) is 74.5 Å². The second-order valence-electron chi connectivity index (χ2n) is 13.2. The SMILES string of the molecule is COc1cc2c(cc1OC(C)C)C(c1ccc(Cl)cc1)N(c1ccc(N(C)CC3CCC(N4CC(=O)N(C)C4)CC3)cn1)C(=O)C2. The van der Waals surface area contributed by atoms with Crippen molar-refractivity contribution < 1.29 is 19.1 Å². The van der Waals surface area contributed by atoms with Crippen LogP contribution in [0.2, 0.25) is 5.02 Å². The second-order valence-corrected chi connectivity index (χ2v) is 13.6. The van der Waals surface area contributed by atoms with Gasteiger partial charge < -0.3 is 19.3 Å². The third kappa shape index (κ3) is 6.67. The number of benzene rings is 2. The minimum absolute atomic E-state index is 0.0386. The van der Waals surface area contributed by atoms with Crippen molar-refractivity contribution in [1.29, 1.82) is 0 Å². The van der Waals surface area contributed by atoms with Crippen LogP contribution in [-0.4, -0.2) is 79.7 Å². The quantitative estimate of drug-likeness (QED) is 0.285. The number of hydrogen-bond donors (Lipinski definition) is 0. The molecule has 10 heteroatoms. The number of methoxy groups -OCH3 is 1. The molecule has 6 rings (SSSR count). The van der Waals surface area contributed by atoms with E-state index < -0.39 is 6.04 Å². The summed E-state index contributed by atoms with van der Waals surface area (Å²) in [7, 11) is 5.61. The van der Waals surface area contributed by atoms with E-state index in [9.17, 15) is 9.59 Å². The van der Waals surface area contributed by atoms with Crippen molar-refractivity contribution in [1.82, 2.24) is 14.8 Å². The standard InChI is InChI=1S/C36H44ClN5O4/c1-23(2)46-32-18-30-26(16-31(32)45-5)17-34(43)42(36(30)25-8-10-27(37)11-9-25)33-15-14-29(19-38-33)39(3)20-24-6-12-28(13-7-24)41-21-35(44)40(4)22-41/h8-11,14-16,18-19,23-24,28,36H,6-7,12-13,17,20-22H2,1-5H3. The summed E-state index contributed by atoms with van der Waals surface area (Å²) in [6.07, 6.45) is 6.59. The molecule has 1 saturated carbocycles. The molecule has 1 aliphatic carbocycles. The van der Waals surface area contributed by atoms with E-state index in [4.69, 9.17) is 26.1 Å². The number of carbonyl (C=O) groups is 2. The zero-order chi connectivity index (χ0) is 32.5. The lowest BCUT2D eigenvalue weighted by molar-refractivity contribution is -0.125. The highest BCUT2D eigenvalue weighted by molar-refractivity contribution is 6.30. The van der Waals surface area contributed by atoms with Gasteiger partial charge in [0.1, 0.15) is 5.82 Å². The molecule has 2 fully saturated rings. The monoisotopic (exact) mass is 645 g/mol. The number of halogens is 1. The van der Waals surface area contributed by atoms with Crippen molar-refractivity contribution in [3.05, 3.63) is 76.4 Å². The van der Waals surface area contributed by atoms with Crippen LogP contribution in [0.5, 0.6) is 11.5 Å². The zero-order valence-corrected chi connectivity index (χ0v) is 28.2. The van der Waals surface area contributed by atoms with Crippen LogP contribution >= 0.6 is 11.6 Å². The fourth-order valence-corrected chi connectivity index (χ4v) is 7.29. The van der Waals surface area contributed by atoms with Gasteiger partial charge in [0.25, 0.3) is 0 Å². The van der Waals surface area contributed by atoms with Gasteiger partial charge in [-0.2, -0.15) is 0 Å². The Morgan fingerprint density at radius 3 is 2.35 bits per heavy atom. The molecule has 3 aliphatic rings. The number of fused-ring (bicyclic) bond motifs is 1. The topological polar surface area (TPSA) is 78.5 Å². The molecular weight excluding hydrogens is 602 g/mol. The molecule has 1 saturated heterocycles. The van der Waals surface area contributed by atoms with Crippen molar-refractivity contribution in [2.45, 2.75) is 64.1 Å². The van der Waals surface area contributed by atoms with Crippen LogP contribution in [0.4, 0.5) is 11.5 Å². The van der Waals surface area contributed by atoms with E-state index in [0.29, 0.717) is 40.8 Å². The Labute approximate surface area is 277 Å². The van der Waals surface area contributed by atoms with Crippen LogP contribution < -0.4 is 19.3 Å². The van der Waals surface area contributed by atoms with E-state index in [2.05, 4.69) is 22.9 Å². The molecule has 0 bridgehead atoms. The number of aromatic nitrogens is 1. The molecular formula is C36H44ClN5O4. The average Bonchev–Trinajstić information content (AvgIpc) is 3.38. The summed E-state index contributed by atoms with van der Waals surface area (Å²) < 4.78 is 11.8. The summed E-state index contributed by atoms with van der Waals surface area (Å²) >= 11 is 6.27. The number of carbonyl (C=O) groups excluding carboxylic acids is 2. The van der Waals surface area contributed by atoms with E-state index in [1.54, 1.807) is 12.0 Å². The van der Waals surface area contributed by atoms with Crippen molar-refractivity contribution in [2.75, 3.05) is 50.8 Å². The number of hydrogen-bond acceptors (Lipinski definition) is 7. The first kappa shape index (κ1) is 32.1. The maximum absolute atomic E-state index is 13.9. The van der Waals surface area contributed by atoms with Crippen molar-refractivity contribution >= 4 is 34.9 Å². The van der Waals surface area contributed by atoms with E-state index in [-0.39, 0.29) is 24.3 Å². The lowest BCUT2D eigenvalue weighted by Crippen LogP contribution is -2.41. The Morgan fingerprint density at radius 1 is 1.00 bits per heavy atom. The molecule has 2 aromatic carbocycles. The minimum Gasteiger partial charge on any atom is -0.493 e. The zero-order valence-electron chi connectivity index (χ0n) is 27.4. The average molecular weight is 646 g/mol. The first-order valence-electron chi connectivity index (χ1n) is 16.2. The van der Waals surface area contributed by atoms with Gasteiger partial charge in [0.2, 0.25) is 11.8 Å². The van der Waals surface area contributed by atoms with Gasteiger partial charge >= 0.3 is 0 Å². The highest BCUT2D eigenvalue weighted by Gasteiger charge is 2.37. The summed E-state index contributed by atoms with van der Waals surface area (Å²) in [6, 6.07) is 15.6. The van der Waals surface area contributed by atoms with Gasteiger partial charge in [0.15, 0.2) is 11.5 Å². The van der Waals surface area contributed by atoms with Crippen LogP contribution in [0.25, 0.3) is 0 Å². The summed E-state index contributed by atoms with van der Waals surface area (Å²) in [5.74, 6) is 2.62. The summed E-state index contributed by atoms with van der Waals surface area (Å²) in [6.45, 7) is 6.20. The maximum Gasteiger partial charge on any atom is 0.237 e. The first-order valence-corrected chi connectivity index (χ1v) is 16.6. The van der Waals surface area contributed by atoms with Crippen molar-refractivity contribution in [3.63, 3.8) is 0 Å². The lowest BCUT2D eigenvalue weighted by atomic mass is 9.85. The summed E-state index contributed by atoms with van der Waals surface area (Å²) in [5.41, 5.74) is 3.83. The number of pyridine rings is 1. The molecule has 1 aromatic heterocycles. The maximum atomic E-state index is 13.9. The molecule has 1 unspecified atom stereocenters. The van der Waals surface area contributed by atoms with Crippen LogP contribution in [0.1, 0.15) is 62.3 Å². The fourth-order valence-electron chi connectivity index (χ4n) is 7.17. The van der Waals surface area contributed by atoms with E-state index in [0.717, 1.165) is 61.3 Å². The largest absolute Gasteiger partial charge is 0.493 e. The number of ether oxygens (including phenoxy) is 2. The molecule has 3 aromatic rings. The third-order valence-electron chi connectivity index (χ3n) is 9.58. The second kappa shape index (κ2) is 13.5. The molecule has 0 spiro atoms. The normalized spacial score (nSPS) is 21.9. The predicted octanol–water partition coefficient (Wildman–Crippen LogP) is 5.94. The van der Waals surface area contributed by atoms with Gasteiger partial charge in [0, 0.05) is 31.7 Å². The molecule has 9 nitrogen and oxygen atoms in total. The smallest absolute Gasteiger partial charge is 0.237 e. The predicted molar refractivity (Wildman–Crippen MR) is 181 cm³/mol. The Bertz CT molecular complexity index is 1560. The molecule has 244 valence electrons. The number of amides is 2. The highest BCUT2D eigenvalue weighted by atomic mass is 35.5. The molecule has 2 amide bonds. The van der Waals surface area contributed by atoms with Gasteiger partial charge in [-0.15, -0.1) is 0 Å². The third-order valence-corrected chi connectivity index (χ3v) is 9.83. The number of rotatable bonds is 9. The molecule has 2 aliphatic heterocycles. The van der Waals surface area contributed by atoms with Crippen LogP contribution in [0.3, 0.4) is 0 Å². The summed E-state index contributed by atoms with van der Waals surface area (Å²) in [5, 5.41) is 0.633. The highest BCUT2D eigenvalue weighted by Crippen LogP contribution is 2.43. The van der Waals surface area contributed by atoms with Gasteiger partial charge in [0.05, 0.1) is 50.8 Å². The van der Waals surface area contributed by atoms with Crippen molar-refractivity contribution in [2.24, 2.45) is 5.92 Å². The van der Waals surface area contributed by atoms with Crippen molar-refractivity contribution in [3.8, 4) is 11.5 Å². The van der Waals surface area contributed by atoms with Gasteiger partial charge in [-0.1, -0.05) is 23.7 Å². The van der Waals surface area contributed by atoms with Crippen LogP contribution in [0, 0.1) is 5.92 Å². The first-order chi connectivity index (χ1) is 22.1.